The number of ether oxygens (including phenoxy) is 1. The van der Waals surface area contributed by atoms with Gasteiger partial charge >= 0.3 is 0 Å². The van der Waals surface area contributed by atoms with Crippen LogP contribution in [0.15, 0.2) is 48.7 Å². The van der Waals surface area contributed by atoms with E-state index in [0.717, 1.165) is 12.1 Å². The second-order valence-corrected chi connectivity index (χ2v) is 4.59. The first-order valence-electron chi connectivity index (χ1n) is 6.20. The van der Waals surface area contributed by atoms with Crippen molar-refractivity contribution in [3.8, 4) is 0 Å². The average molecular weight is 240 g/mol. The lowest BCUT2D eigenvalue weighted by Gasteiger charge is -2.15. The largest absolute Gasteiger partial charge is 0.371 e. The molecule has 2 atom stereocenters. The molecule has 3 rings (SSSR count). The van der Waals surface area contributed by atoms with Gasteiger partial charge in [-0.25, -0.2) is 0 Å². The average Bonchev–Trinajstić information content (AvgIpc) is 2.60. The van der Waals surface area contributed by atoms with Crippen LogP contribution < -0.4 is 5.73 Å². The Morgan fingerprint density at radius 1 is 1.11 bits per heavy atom. The predicted octanol–water partition coefficient (Wildman–Crippen LogP) is 2.40. The second-order valence-electron chi connectivity index (χ2n) is 4.59. The fourth-order valence-corrected chi connectivity index (χ4v) is 2.40. The van der Waals surface area contributed by atoms with Gasteiger partial charge in [0.05, 0.1) is 24.4 Å². The number of hydrogen-bond donors (Lipinski definition) is 1. The van der Waals surface area contributed by atoms with E-state index in [1.54, 1.807) is 6.20 Å². The summed E-state index contributed by atoms with van der Waals surface area (Å²) in [5.74, 6) is 0. The summed E-state index contributed by atoms with van der Waals surface area (Å²) in [5.41, 5.74) is 9.45. The summed E-state index contributed by atoms with van der Waals surface area (Å²) in [5, 5.41) is 0. The van der Waals surface area contributed by atoms with E-state index in [1.807, 2.05) is 24.3 Å². The van der Waals surface area contributed by atoms with Gasteiger partial charge in [-0.1, -0.05) is 36.4 Å². The van der Waals surface area contributed by atoms with Gasteiger partial charge in [-0.3, -0.25) is 4.98 Å². The van der Waals surface area contributed by atoms with Crippen LogP contribution in [0.1, 0.15) is 29.0 Å². The van der Waals surface area contributed by atoms with Crippen LogP contribution in [0.25, 0.3) is 0 Å². The van der Waals surface area contributed by atoms with E-state index < -0.39 is 0 Å². The summed E-state index contributed by atoms with van der Waals surface area (Å²) in [6, 6.07) is 14.2. The maximum absolute atomic E-state index is 6.10. The molecule has 0 radical (unpaired) electrons. The Hall–Kier alpha value is -1.71. The monoisotopic (exact) mass is 240 g/mol. The van der Waals surface area contributed by atoms with Gasteiger partial charge in [-0.05, 0) is 17.2 Å². The molecular weight excluding hydrogens is 224 g/mol. The summed E-state index contributed by atoms with van der Waals surface area (Å²) in [7, 11) is 0. The molecule has 0 saturated heterocycles. The molecule has 1 aromatic heterocycles. The highest BCUT2D eigenvalue weighted by Gasteiger charge is 2.23. The molecule has 1 aliphatic rings. The van der Waals surface area contributed by atoms with Gasteiger partial charge in [0.15, 0.2) is 0 Å². The molecule has 0 fully saturated rings. The molecule has 1 unspecified atom stereocenters. The predicted molar refractivity (Wildman–Crippen MR) is 70.0 cm³/mol. The van der Waals surface area contributed by atoms with E-state index in [4.69, 9.17) is 10.5 Å². The van der Waals surface area contributed by atoms with Gasteiger partial charge in [-0.15, -0.1) is 0 Å². The molecule has 2 N–H and O–H groups in total. The lowest BCUT2D eigenvalue weighted by molar-refractivity contribution is 0.0497. The maximum atomic E-state index is 6.10. The van der Waals surface area contributed by atoms with Crippen LogP contribution in [-0.4, -0.2) is 11.6 Å². The summed E-state index contributed by atoms with van der Waals surface area (Å²) in [6.45, 7) is 0.517. The number of hydrogen-bond acceptors (Lipinski definition) is 3. The number of nitrogens with zero attached hydrogens (tertiary/aromatic N) is 1. The van der Waals surface area contributed by atoms with Gasteiger partial charge < -0.3 is 10.5 Å². The molecule has 0 saturated carbocycles. The smallest absolute Gasteiger partial charge is 0.0866 e. The Balaban J connectivity index is 1.94. The third kappa shape index (κ3) is 2.15. The minimum atomic E-state index is -0.130. The van der Waals surface area contributed by atoms with Crippen LogP contribution in [0.3, 0.4) is 0 Å². The summed E-state index contributed by atoms with van der Waals surface area (Å²) in [4.78, 5) is 4.38. The van der Waals surface area contributed by atoms with Crippen LogP contribution in [0.4, 0.5) is 0 Å². The van der Waals surface area contributed by atoms with Gasteiger partial charge in [0, 0.05) is 12.6 Å². The number of pyridine rings is 1. The molecule has 2 heterocycles. The lowest BCUT2D eigenvalue weighted by atomic mass is 10.00. The second kappa shape index (κ2) is 4.88. The summed E-state index contributed by atoms with van der Waals surface area (Å²) >= 11 is 0. The highest BCUT2D eigenvalue weighted by atomic mass is 16.5. The van der Waals surface area contributed by atoms with Crippen molar-refractivity contribution in [2.24, 2.45) is 5.73 Å². The zero-order valence-corrected chi connectivity index (χ0v) is 10.1. The molecule has 0 aliphatic carbocycles. The lowest BCUT2D eigenvalue weighted by Crippen LogP contribution is -2.17. The van der Waals surface area contributed by atoms with E-state index in [0.29, 0.717) is 6.61 Å². The van der Waals surface area contributed by atoms with E-state index in [1.165, 1.54) is 11.1 Å². The fourth-order valence-electron chi connectivity index (χ4n) is 2.40. The number of benzene rings is 1. The first kappa shape index (κ1) is 11.4. The molecule has 0 bridgehead atoms. The topological polar surface area (TPSA) is 48.1 Å². The first-order valence-corrected chi connectivity index (χ1v) is 6.20. The van der Waals surface area contributed by atoms with Crippen molar-refractivity contribution in [3.63, 3.8) is 0 Å². The number of nitrogens with two attached hydrogens (primary N) is 1. The van der Waals surface area contributed by atoms with Crippen molar-refractivity contribution in [3.05, 3.63) is 65.5 Å². The van der Waals surface area contributed by atoms with Crippen LogP contribution >= 0.6 is 0 Å². The molecule has 1 aromatic carbocycles. The Kier molecular flexibility index (Phi) is 3.09. The fraction of sp³-hybridized carbons (Fsp3) is 0.267. The van der Waals surface area contributed by atoms with E-state index >= 15 is 0 Å². The third-order valence-corrected chi connectivity index (χ3v) is 3.33. The Morgan fingerprint density at radius 2 is 1.94 bits per heavy atom. The quantitative estimate of drug-likeness (QED) is 0.832. The number of fused-ring (bicyclic) bond motifs is 1. The molecule has 3 nitrogen and oxygen atoms in total. The van der Waals surface area contributed by atoms with E-state index in [9.17, 15) is 0 Å². The van der Waals surface area contributed by atoms with E-state index in [-0.39, 0.29) is 12.1 Å². The first-order chi connectivity index (χ1) is 8.84. The van der Waals surface area contributed by atoms with Gasteiger partial charge in [0.1, 0.15) is 0 Å². The molecular formula is C15H16N2O. The molecule has 3 heteroatoms. The highest BCUT2D eigenvalue weighted by molar-refractivity contribution is 5.28. The molecule has 0 amide bonds. The van der Waals surface area contributed by atoms with Crippen molar-refractivity contribution in [1.82, 2.24) is 4.98 Å². The van der Waals surface area contributed by atoms with Crippen LogP contribution in [0.2, 0.25) is 0 Å². The number of aromatic nitrogens is 1. The van der Waals surface area contributed by atoms with Crippen molar-refractivity contribution in [1.29, 1.82) is 0 Å². The zero-order valence-electron chi connectivity index (χ0n) is 10.1. The van der Waals surface area contributed by atoms with Crippen molar-refractivity contribution < 1.29 is 4.74 Å². The molecule has 92 valence electrons. The summed E-state index contributed by atoms with van der Waals surface area (Å²) < 4.78 is 5.92. The standard InChI is InChI=1S/C15H16N2O/c16-13-10-18-14(11-5-2-1-3-6-11)9-12-7-4-8-17-15(12)13/h1-8,13-14H,9-10,16H2/t13-,14?/m0/s1. The Morgan fingerprint density at radius 3 is 2.78 bits per heavy atom. The van der Waals surface area contributed by atoms with Crippen molar-refractivity contribution in [2.45, 2.75) is 18.6 Å². The van der Waals surface area contributed by atoms with Crippen LogP contribution in [-0.2, 0) is 11.2 Å². The maximum Gasteiger partial charge on any atom is 0.0866 e. The Bertz CT molecular complexity index is 527. The van der Waals surface area contributed by atoms with Crippen LogP contribution in [0.5, 0.6) is 0 Å². The van der Waals surface area contributed by atoms with Crippen molar-refractivity contribution in [2.75, 3.05) is 6.61 Å². The normalized spacial score (nSPS) is 23.2. The van der Waals surface area contributed by atoms with Gasteiger partial charge in [0.25, 0.3) is 0 Å². The molecule has 18 heavy (non-hydrogen) atoms. The van der Waals surface area contributed by atoms with Crippen molar-refractivity contribution >= 4 is 0 Å². The minimum absolute atomic E-state index is 0.0719. The number of rotatable bonds is 1. The third-order valence-electron chi connectivity index (χ3n) is 3.33. The highest BCUT2D eigenvalue weighted by Crippen LogP contribution is 2.29. The van der Waals surface area contributed by atoms with Gasteiger partial charge in [-0.2, -0.15) is 0 Å². The molecule has 1 aliphatic heterocycles. The van der Waals surface area contributed by atoms with E-state index in [2.05, 4.69) is 23.2 Å². The Labute approximate surface area is 107 Å². The molecule has 2 aromatic rings. The minimum Gasteiger partial charge on any atom is -0.371 e. The molecule has 0 spiro atoms. The SMILES string of the molecule is N[C@H]1COC(c2ccccc2)Cc2cccnc21. The summed E-state index contributed by atoms with van der Waals surface area (Å²) in [6.07, 6.45) is 2.70. The van der Waals surface area contributed by atoms with Crippen LogP contribution in [0, 0.1) is 0 Å². The van der Waals surface area contributed by atoms with Gasteiger partial charge in [0.2, 0.25) is 0 Å². The zero-order chi connectivity index (χ0) is 12.4.